The molecule has 1 atom stereocenters. The van der Waals surface area contributed by atoms with Crippen molar-refractivity contribution in [3.63, 3.8) is 0 Å². The Morgan fingerprint density at radius 1 is 1.35 bits per heavy atom. The van der Waals surface area contributed by atoms with Crippen LogP contribution in [0.3, 0.4) is 0 Å². The summed E-state index contributed by atoms with van der Waals surface area (Å²) in [5.41, 5.74) is 1.94. The molecule has 2 aromatic heterocycles. The summed E-state index contributed by atoms with van der Waals surface area (Å²) in [6.07, 6.45) is 5.47. The first-order valence-corrected chi connectivity index (χ1v) is 8.85. The van der Waals surface area contributed by atoms with Crippen LogP contribution >= 0.6 is 0 Å². The Balaban J connectivity index is 1.61. The standard InChI is InChI=1S/C19H22N4O3/c1-12-21-15-11-14(3-4-16(15)26-12)19(24)22-17(13-5-9-25-10-6-13)18-20-7-8-23(18)2/h3-4,7-8,11,13,17H,5-6,9-10H2,1-2H3,(H,22,24). The number of imidazole rings is 1. The van der Waals surface area contributed by atoms with E-state index in [2.05, 4.69) is 15.3 Å². The van der Waals surface area contributed by atoms with Crippen LogP contribution in [-0.4, -0.2) is 33.7 Å². The molecule has 1 amide bonds. The largest absolute Gasteiger partial charge is 0.441 e. The summed E-state index contributed by atoms with van der Waals surface area (Å²) >= 11 is 0. The molecular weight excluding hydrogens is 332 g/mol. The number of hydrogen-bond acceptors (Lipinski definition) is 5. The summed E-state index contributed by atoms with van der Waals surface area (Å²) in [6, 6.07) is 5.16. The van der Waals surface area contributed by atoms with Crippen molar-refractivity contribution in [3.05, 3.63) is 47.9 Å². The highest BCUT2D eigenvalue weighted by molar-refractivity contribution is 5.97. The third-order valence-corrected chi connectivity index (χ3v) is 4.92. The fourth-order valence-electron chi connectivity index (χ4n) is 3.53. The van der Waals surface area contributed by atoms with Crippen LogP contribution in [0.1, 0.15) is 41.0 Å². The quantitative estimate of drug-likeness (QED) is 0.779. The van der Waals surface area contributed by atoms with Gasteiger partial charge in [-0.2, -0.15) is 0 Å². The van der Waals surface area contributed by atoms with Gasteiger partial charge in [-0.15, -0.1) is 0 Å². The van der Waals surface area contributed by atoms with Crippen molar-refractivity contribution >= 4 is 17.0 Å². The number of rotatable bonds is 4. The molecule has 1 N–H and O–H groups in total. The topological polar surface area (TPSA) is 82.2 Å². The van der Waals surface area contributed by atoms with Crippen LogP contribution in [0.5, 0.6) is 0 Å². The highest BCUT2D eigenvalue weighted by atomic mass is 16.5. The van der Waals surface area contributed by atoms with Gasteiger partial charge in [0.1, 0.15) is 11.3 Å². The number of ether oxygens (including phenoxy) is 1. The number of nitrogens with one attached hydrogen (secondary N) is 1. The number of aromatic nitrogens is 3. The van der Waals surface area contributed by atoms with E-state index in [0.29, 0.717) is 41.7 Å². The lowest BCUT2D eigenvalue weighted by atomic mass is 9.90. The lowest BCUT2D eigenvalue weighted by Gasteiger charge is -2.30. The molecule has 3 aromatic rings. The average molecular weight is 354 g/mol. The number of carbonyl (C=O) groups is 1. The summed E-state index contributed by atoms with van der Waals surface area (Å²) in [7, 11) is 1.95. The van der Waals surface area contributed by atoms with Crippen LogP contribution in [0.15, 0.2) is 35.0 Å². The molecule has 1 unspecified atom stereocenters. The molecule has 1 aliphatic heterocycles. The molecule has 1 saturated heterocycles. The normalized spacial score (nSPS) is 16.7. The van der Waals surface area contributed by atoms with Crippen LogP contribution in [0, 0.1) is 12.8 Å². The lowest BCUT2D eigenvalue weighted by molar-refractivity contribution is 0.0499. The second kappa shape index (κ2) is 6.92. The molecule has 0 aliphatic carbocycles. The van der Waals surface area contributed by atoms with Gasteiger partial charge in [-0.05, 0) is 37.0 Å². The maximum Gasteiger partial charge on any atom is 0.251 e. The molecule has 1 aromatic carbocycles. The first-order valence-electron chi connectivity index (χ1n) is 8.85. The van der Waals surface area contributed by atoms with E-state index in [0.717, 1.165) is 18.7 Å². The Bertz CT molecular complexity index is 924. The van der Waals surface area contributed by atoms with Crippen LogP contribution in [0.2, 0.25) is 0 Å². The summed E-state index contributed by atoms with van der Waals surface area (Å²) in [4.78, 5) is 21.7. The molecule has 3 heterocycles. The van der Waals surface area contributed by atoms with E-state index >= 15 is 0 Å². The minimum absolute atomic E-state index is 0.132. The van der Waals surface area contributed by atoms with Gasteiger partial charge in [0.25, 0.3) is 5.91 Å². The van der Waals surface area contributed by atoms with Crippen LogP contribution < -0.4 is 5.32 Å². The van der Waals surface area contributed by atoms with Gasteiger partial charge in [0.05, 0.1) is 6.04 Å². The fourth-order valence-corrected chi connectivity index (χ4v) is 3.53. The zero-order valence-electron chi connectivity index (χ0n) is 14.9. The molecule has 136 valence electrons. The van der Waals surface area contributed by atoms with Crippen molar-refractivity contribution in [2.45, 2.75) is 25.8 Å². The van der Waals surface area contributed by atoms with Gasteiger partial charge in [-0.3, -0.25) is 4.79 Å². The van der Waals surface area contributed by atoms with Gasteiger partial charge in [0.2, 0.25) is 0 Å². The number of benzene rings is 1. The molecule has 1 aliphatic rings. The van der Waals surface area contributed by atoms with E-state index in [-0.39, 0.29) is 11.9 Å². The Morgan fingerprint density at radius 3 is 2.88 bits per heavy atom. The second-order valence-electron chi connectivity index (χ2n) is 6.71. The molecule has 0 radical (unpaired) electrons. The number of oxazole rings is 1. The molecule has 4 rings (SSSR count). The predicted octanol–water partition coefficient (Wildman–Crippen LogP) is 2.77. The average Bonchev–Trinajstić information content (AvgIpc) is 3.24. The highest BCUT2D eigenvalue weighted by Gasteiger charge is 2.30. The first-order chi connectivity index (χ1) is 12.6. The van der Waals surface area contributed by atoms with Crippen LogP contribution in [-0.2, 0) is 11.8 Å². The Kier molecular flexibility index (Phi) is 4.46. The van der Waals surface area contributed by atoms with E-state index in [4.69, 9.17) is 9.15 Å². The molecule has 0 spiro atoms. The van der Waals surface area contributed by atoms with Gasteiger partial charge >= 0.3 is 0 Å². The zero-order valence-corrected chi connectivity index (χ0v) is 14.9. The van der Waals surface area contributed by atoms with E-state index in [1.165, 1.54) is 0 Å². The predicted molar refractivity (Wildman–Crippen MR) is 95.7 cm³/mol. The fraction of sp³-hybridized carbons (Fsp3) is 0.421. The van der Waals surface area contributed by atoms with Crippen molar-refractivity contribution in [2.24, 2.45) is 13.0 Å². The third-order valence-electron chi connectivity index (χ3n) is 4.92. The van der Waals surface area contributed by atoms with Gasteiger partial charge in [-0.25, -0.2) is 9.97 Å². The van der Waals surface area contributed by atoms with Gasteiger partial charge in [0.15, 0.2) is 11.5 Å². The Hall–Kier alpha value is -2.67. The molecule has 26 heavy (non-hydrogen) atoms. The SMILES string of the molecule is Cc1nc2cc(C(=O)NC(c3nccn3C)C3CCOCC3)ccc2o1. The van der Waals surface area contributed by atoms with Crippen molar-refractivity contribution in [1.82, 2.24) is 19.9 Å². The molecule has 7 heteroatoms. The first kappa shape index (κ1) is 16.8. The molecule has 0 saturated carbocycles. The van der Waals surface area contributed by atoms with E-state index in [1.54, 1.807) is 31.3 Å². The van der Waals surface area contributed by atoms with Crippen LogP contribution in [0.25, 0.3) is 11.1 Å². The minimum atomic E-state index is -0.152. The zero-order chi connectivity index (χ0) is 18.1. The number of nitrogens with zero attached hydrogens (tertiary/aromatic N) is 3. The van der Waals surface area contributed by atoms with Gasteiger partial charge in [0, 0.05) is 45.1 Å². The van der Waals surface area contributed by atoms with Crippen molar-refractivity contribution in [3.8, 4) is 0 Å². The van der Waals surface area contributed by atoms with E-state index in [9.17, 15) is 4.79 Å². The molecule has 0 bridgehead atoms. The highest BCUT2D eigenvalue weighted by Crippen LogP contribution is 2.29. The summed E-state index contributed by atoms with van der Waals surface area (Å²) in [6.45, 7) is 3.22. The van der Waals surface area contributed by atoms with Gasteiger partial charge in [-0.1, -0.05) is 0 Å². The lowest BCUT2D eigenvalue weighted by Crippen LogP contribution is -2.37. The molecule has 1 fully saturated rings. The maximum atomic E-state index is 12.9. The van der Waals surface area contributed by atoms with Crippen molar-refractivity contribution in [2.75, 3.05) is 13.2 Å². The van der Waals surface area contributed by atoms with E-state index in [1.807, 2.05) is 17.8 Å². The Labute approximate surface area is 151 Å². The number of hydrogen-bond donors (Lipinski definition) is 1. The Morgan fingerprint density at radius 2 is 2.15 bits per heavy atom. The van der Waals surface area contributed by atoms with Gasteiger partial charge < -0.3 is 19.0 Å². The number of amides is 1. The third kappa shape index (κ3) is 3.22. The summed E-state index contributed by atoms with van der Waals surface area (Å²) in [5, 5.41) is 3.18. The monoisotopic (exact) mass is 354 g/mol. The maximum absolute atomic E-state index is 12.9. The number of fused-ring (bicyclic) bond motifs is 1. The summed E-state index contributed by atoms with van der Waals surface area (Å²) in [5.74, 6) is 1.62. The van der Waals surface area contributed by atoms with Crippen molar-refractivity contribution < 1.29 is 13.9 Å². The number of aryl methyl sites for hydroxylation is 2. The minimum Gasteiger partial charge on any atom is -0.441 e. The van der Waals surface area contributed by atoms with Crippen LogP contribution in [0.4, 0.5) is 0 Å². The van der Waals surface area contributed by atoms with Crippen molar-refractivity contribution in [1.29, 1.82) is 0 Å². The molecular formula is C19H22N4O3. The molecule has 7 nitrogen and oxygen atoms in total. The smallest absolute Gasteiger partial charge is 0.251 e. The summed E-state index contributed by atoms with van der Waals surface area (Å²) < 4.78 is 12.9. The number of carbonyl (C=O) groups excluding carboxylic acids is 1. The second-order valence-corrected chi connectivity index (χ2v) is 6.71. The van der Waals surface area contributed by atoms with E-state index < -0.39 is 0 Å².